The van der Waals surface area contributed by atoms with Crippen molar-refractivity contribution in [2.45, 2.75) is 13.8 Å². The van der Waals surface area contributed by atoms with Crippen molar-refractivity contribution in [2.75, 3.05) is 0 Å². The Morgan fingerprint density at radius 3 is 2.71 bits per heavy atom. The predicted molar refractivity (Wildman–Crippen MR) is 59.7 cm³/mol. The molecule has 0 N–H and O–H groups in total. The van der Waals surface area contributed by atoms with Crippen LogP contribution < -0.4 is 5.63 Å². The van der Waals surface area contributed by atoms with Crippen LogP contribution in [0, 0.1) is 13.8 Å². The molecule has 1 aromatic carbocycles. The van der Waals surface area contributed by atoms with E-state index in [1.165, 1.54) is 0 Å². The van der Waals surface area contributed by atoms with E-state index < -0.39 is 0 Å². The molecule has 0 atom stereocenters. The van der Waals surface area contributed by atoms with Gasteiger partial charge in [0.05, 0.1) is 0 Å². The van der Waals surface area contributed by atoms with Gasteiger partial charge in [0.2, 0.25) is 0 Å². The van der Waals surface area contributed by atoms with Crippen LogP contribution in [0.1, 0.15) is 11.1 Å². The molecule has 14 heavy (non-hydrogen) atoms. The highest BCUT2D eigenvalue weighted by Crippen LogP contribution is 2.22. The first-order chi connectivity index (χ1) is 6.59. The van der Waals surface area contributed by atoms with Crippen LogP contribution >= 0.6 is 15.9 Å². The molecule has 0 radical (unpaired) electrons. The summed E-state index contributed by atoms with van der Waals surface area (Å²) in [5.41, 5.74) is 2.34. The summed E-state index contributed by atoms with van der Waals surface area (Å²) in [6, 6.07) is 5.84. The number of hydrogen-bond acceptors (Lipinski definition) is 2. The second-order valence-electron chi connectivity index (χ2n) is 3.33. The Bertz CT molecular complexity index is 555. The van der Waals surface area contributed by atoms with Gasteiger partial charge < -0.3 is 4.42 Å². The molecule has 72 valence electrons. The van der Waals surface area contributed by atoms with Crippen LogP contribution in [-0.4, -0.2) is 0 Å². The van der Waals surface area contributed by atoms with Crippen molar-refractivity contribution in [1.29, 1.82) is 0 Å². The zero-order chi connectivity index (χ0) is 10.3. The Labute approximate surface area is 89.7 Å². The highest BCUT2D eigenvalue weighted by atomic mass is 79.9. The van der Waals surface area contributed by atoms with Gasteiger partial charge in [-0.1, -0.05) is 12.1 Å². The highest BCUT2D eigenvalue weighted by molar-refractivity contribution is 9.10. The first-order valence-corrected chi connectivity index (χ1v) is 5.08. The van der Waals surface area contributed by atoms with Gasteiger partial charge in [-0.2, -0.15) is 0 Å². The summed E-state index contributed by atoms with van der Waals surface area (Å²) in [6.07, 6.45) is 0. The van der Waals surface area contributed by atoms with Gasteiger partial charge >= 0.3 is 5.63 Å². The van der Waals surface area contributed by atoms with Crippen molar-refractivity contribution < 1.29 is 4.42 Å². The molecule has 2 rings (SSSR count). The molecule has 2 nitrogen and oxygen atoms in total. The van der Waals surface area contributed by atoms with Crippen LogP contribution in [0.15, 0.2) is 31.9 Å². The molecule has 0 amide bonds. The number of aryl methyl sites for hydroxylation is 2. The summed E-state index contributed by atoms with van der Waals surface area (Å²) < 4.78 is 5.66. The third-order valence-corrected chi connectivity index (χ3v) is 3.17. The third-order valence-electron chi connectivity index (χ3n) is 2.25. The maximum Gasteiger partial charge on any atom is 0.350 e. The van der Waals surface area contributed by atoms with Gasteiger partial charge in [0, 0.05) is 5.39 Å². The molecule has 0 saturated carbocycles. The quantitative estimate of drug-likeness (QED) is 0.675. The SMILES string of the molecule is Cc1ccc2c(C)c(Br)c(=O)oc2c1. The van der Waals surface area contributed by atoms with E-state index in [0.29, 0.717) is 10.1 Å². The summed E-state index contributed by atoms with van der Waals surface area (Å²) in [4.78, 5) is 11.4. The smallest absolute Gasteiger partial charge is 0.350 e. The molecular formula is C11H9BrO2. The lowest BCUT2D eigenvalue weighted by Crippen LogP contribution is -2.02. The second-order valence-corrected chi connectivity index (χ2v) is 4.12. The predicted octanol–water partition coefficient (Wildman–Crippen LogP) is 3.17. The van der Waals surface area contributed by atoms with Crippen molar-refractivity contribution in [3.8, 4) is 0 Å². The minimum Gasteiger partial charge on any atom is -0.422 e. The Morgan fingerprint density at radius 2 is 2.00 bits per heavy atom. The van der Waals surface area contributed by atoms with Gasteiger partial charge in [0.1, 0.15) is 10.1 Å². The van der Waals surface area contributed by atoms with Crippen LogP contribution in [0.5, 0.6) is 0 Å². The average molecular weight is 253 g/mol. The second kappa shape index (κ2) is 3.24. The molecule has 0 aliphatic rings. The van der Waals surface area contributed by atoms with Crippen LogP contribution in [0.2, 0.25) is 0 Å². The molecule has 0 fully saturated rings. The van der Waals surface area contributed by atoms with Crippen molar-refractivity contribution in [3.05, 3.63) is 44.2 Å². The van der Waals surface area contributed by atoms with Crippen molar-refractivity contribution >= 4 is 26.9 Å². The van der Waals surface area contributed by atoms with E-state index >= 15 is 0 Å². The normalized spacial score (nSPS) is 10.8. The molecule has 0 bridgehead atoms. The number of fused-ring (bicyclic) bond motifs is 1. The number of hydrogen-bond donors (Lipinski definition) is 0. The van der Waals surface area contributed by atoms with Gasteiger partial charge in [-0.05, 0) is 47.0 Å². The van der Waals surface area contributed by atoms with Crippen molar-refractivity contribution in [3.63, 3.8) is 0 Å². The molecule has 0 spiro atoms. The Balaban J connectivity index is 2.98. The van der Waals surface area contributed by atoms with Crippen LogP contribution in [-0.2, 0) is 0 Å². The lowest BCUT2D eigenvalue weighted by Gasteiger charge is -2.02. The lowest BCUT2D eigenvalue weighted by molar-refractivity contribution is 0.555. The van der Waals surface area contributed by atoms with Gasteiger partial charge in [-0.3, -0.25) is 0 Å². The Hall–Kier alpha value is -1.09. The maximum atomic E-state index is 11.4. The van der Waals surface area contributed by atoms with Crippen molar-refractivity contribution in [1.82, 2.24) is 0 Å². The lowest BCUT2D eigenvalue weighted by atomic mass is 10.1. The molecule has 0 unspecified atom stereocenters. The highest BCUT2D eigenvalue weighted by Gasteiger charge is 2.07. The van der Waals surface area contributed by atoms with E-state index in [4.69, 9.17) is 4.42 Å². The Morgan fingerprint density at radius 1 is 1.29 bits per heavy atom. The first kappa shape index (κ1) is 9.46. The first-order valence-electron chi connectivity index (χ1n) is 4.29. The standard InChI is InChI=1S/C11H9BrO2/c1-6-3-4-8-7(2)10(12)11(13)14-9(8)5-6/h3-5H,1-2H3. The Kier molecular flexibility index (Phi) is 2.19. The molecule has 1 aromatic heterocycles. The van der Waals surface area contributed by atoms with Crippen molar-refractivity contribution in [2.24, 2.45) is 0 Å². The van der Waals surface area contributed by atoms with Gasteiger partial charge in [0.25, 0.3) is 0 Å². The molecule has 2 aromatic rings. The topological polar surface area (TPSA) is 30.2 Å². The fraction of sp³-hybridized carbons (Fsp3) is 0.182. The van der Waals surface area contributed by atoms with E-state index in [1.807, 2.05) is 32.0 Å². The molecule has 0 saturated heterocycles. The van der Waals surface area contributed by atoms with E-state index in [1.54, 1.807) is 0 Å². The van der Waals surface area contributed by atoms with Crippen LogP contribution in [0.3, 0.4) is 0 Å². The summed E-state index contributed by atoms with van der Waals surface area (Å²) in [6.45, 7) is 3.87. The molecule has 3 heteroatoms. The zero-order valence-electron chi connectivity index (χ0n) is 7.93. The van der Waals surface area contributed by atoms with E-state index in [0.717, 1.165) is 16.5 Å². The minimum atomic E-state index is -0.319. The molecular weight excluding hydrogens is 244 g/mol. The van der Waals surface area contributed by atoms with E-state index in [-0.39, 0.29) is 5.63 Å². The largest absolute Gasteiger partial charge is 0.422 e. The maximum absolute atomic E-state index is 11.4. The minimum absolute atomic E-state index is 0.319. The average Bonchev–Trinajstić information content (AvgIpc) is 2.14. The number of benzene rings is 1. The zero-order valence-corrected chi connectivity index (χ0v) is 9.51. The van der Waals surface area contributed by atoms with E-state index in [9.17, 15) is 4.79 Å². The number of rotatable bonds is 0. The monoisotopic (exact) mass is 252 g/mol. The number of halogens is 1. The summed E-state index contributed by atoms with van der Waals surface area (Å²) in [5, 5.41) is 0.974. The van der Waals surface area contributed by atoms with Gasteiger partial charge in [0.15, 0.2) is 0 Å². The van der Waals surface area contributed by atoms with Crippen LogP contribution in [0.25, 0.3) is 11.0 Å². The van der Waals surface area contributed by atoms with E-state index in [2.05, 4.69) is 15.9 Å². The fourth-order valence-corrected chi connectivity index (χ4v) is 1.73. The molecule has 0 aliphatic heterocycles. The fourth-order valence-electron chi connectivity index (χ4n) is 1.44. The van der Waals surface area contributed by atoms with Crippen LogP contribution in [0.4, 0.5) is 0 Å². The summed E-state index contributed by atoms with van der Waals surface area (Å²) in [7, 11) is 0. The molecule has 0 aliphatic carbocycles. The van der Waals surface area contributed by atoms with Gasteiger partial charge in [-0.25, -0.2) is 4.79 Å². The third kappa shape index (κ3) is 1.38. The molecule has 1 heterocycles. The van der Waals surface area contributed by atoms with Gasteiger partial charge in [-0.15, -0.1) is 0 Å². The summed E-state index contributed by atoms with van der Waals surface area (Å²) >= 11 is 3.21. The summed E-state index contributed by atoms with van der Waals surface area (Å²) in [5.74, 6) is 0.